The van der Waals surface area contributed by atoms with Gasteiger partial charge in [-0.1, -0.05) is 5.16 Å². The van der Waals surface area contributed by atoms with Gasteiger partial charge in [0.25, 0.3) is 5.91 Å². The van der Waals surface area contributed by atoms with E-state index in [0.717, 1.165) is 11.5 Å². The van der Waals surface area contributed by atoms with Gasteiger partial charge in [0.05, 0.1) is 11.6 Å². The highest BCUT2D eigenvalue weighted by molar-refractivity contribution is 5.95. The zero-order chi connectivity index (χ0) is 13.3. The molecule has 2 aromatic heterocycles. The maximum atomic E-state index is 12.3. The van der Waals surface area contributed by atoms with Crippen LogP contribution in [0.3, 0.4) is 0 Å². The molecule has 0 saturated heterocycles. The molecular formula is C13H16N2O3. The summed E-state index contributed by atoms with van der Waals surface area (Å²) in [5, 5.41) is 3.85. The Kier molecular flexibility index (Phi) is 3.23. The van der Waals surface area contributed by atoms with Gasteiger partial charge in [-0.25, -0.2) is 0 Å². The van der Waals surface area contributed by atoms with Gasteiger partial charge in [-0.05, 0) is 26.8 Å². The lowest BCUT2D eigenvalue weighted by atomic mass is 10.1. The third-order valence-electron chi connectivity index (χ3n) is 3.06. The quantitative estimate of drug-likeness (QED) is 0.838. The van der Waals surface area contributed by atoms with Gasteiger partial charge in [-0.15, -0.1) is 0 Å². The molecule has 1 atom stereocenters. The van der Waals surface area contributed by atoms with Crippen LogP contribution >= 0.6 is 0 Å². The number of nitrogens with zero attached hydrogens (tertiary/aromatic N) is 2. The van der Waals surface area contributed by atoms with Crippen molar-refractivity contribution in [3.63, 3.8) is 0 Å². The van der Waals surface area contributed by atoms with Crippen molar-refractivity contribution in [2.45, 2.75) is 26.8 Å². The largest absolute Gasteiger partial charge is 0.466 e. The SMILES string of the molecule is Cc1cc(C(=O)N(C)[C@H](C)c2ccon2)c(C)o1. The van der Waals surface area contributed by atoms with Gasteiger partial charge in [0.2, 0.25) is 0 Å². The molecule has 0 saturated carbocycles. The third kappa shape index (κ3) is 2.16. The summed E-state index contributed by atoms with van der Waals surface area (Å²) >= 11 is 0. The molecule has 0 unspecified atom stereocenters. The first-order chi connectivity index (χ1) is 8.50. The minimum absolute atomic E-state index is 0.0835. The van der Waals surface area contributed by atoms with E-state index in [-0.39, 0.29) is 11.9 Å². The van der Waals surface area contributed by atoms with Gasteiger partial charge < -0.3 is 13.8 Å². The molecule has 5 heteroatoms. The van der Waals surface area contributed by atoms with E-state index in [9.17, 15) is 4.79 Å². The fraction of sp³-hybridized carbons (Fsp3) is 0.385. The van der Waals surface area contributed by atoms with Crippen molar-refractivity contribution in [2.24, 2.45) is 0 Å². The molecule has 0 bridgehead atoms. The molecule has 0 aromatic carbocycles. The van der Waals surface area contributed by atoms with Crippen molar-refractivity contribution in [3.8, 4) is 0 Å². The second kappa shape index (κ2) is 4.68. The standard InChI is InChI=1S/C13H16N2O3/c1-8-7-11(10(3)18-8)13(16)15(4)9(2)12-5-6-17-14-12/h5-7,9H,1-4H3/t9-/m1/s1. The van der Waals surface area contributed by atoms with Crippen LogP contribution in [0.4, 0.5) is 0 Å². The predicted octanol–water partition coefficient (Wildman–Crippen LogP) is 2.72. The first-order valence-electron chi connectivity index (χ1n) is 5.75. The number of hydrogen-bond donors (Lipinski definition) is 0. The molecule has 0 aliphatic carbocycles. The van der Waals surface area contributed by atoms with Gasteiger partial charge in [0.15, 0.2) is 0 Å². The molecule has 0 aliphatic rings. The lowest BCUT2D eigenvalue weighted by Crippen LogP contribution is -2.30. The maximum absolute atomic E-state index is 12.3. The number of carbonyl (C=O) groups excluding carboxylic acids is 1. The number of rotatable bonds is 3. The average Bonchev–Trinajstić information content (AvgIpc) is 2.96. The summed E-state index contributed by atoms with van der Waals surface area (Å²) < 4.78 is 10.2. The summed E-state index contributed by atoms with van der Waals surface area (Å²) in [4.78, 5) is 13.9. The molecule has 2 aromatic rings. The summed E-state index contributed by atoms with van der Waals surface area (Å²) in [6.45, 7) is 5.51. The van der Waals surface area contributed by atoms with Crippen LogP contribution in [0.15, 0.2) is 27.3 Å². The second-order valence-corrected chi connectivity index (χ2v) is 4.34. The Labute approximate surface area is 105 Å². The lowest BCUT2D eigenvalue weighted by molar-refractivity contribution is 0.0736. The summed E-state index contributed by atoms with van der Waals surface area (Å²) in [5.74, 6) is 1.29. The first kappa shape index (κ1) is 12.4. The number of amides is 1. The van der Waals surface area contributed by atoms with E-state index in [1.807, 2.05) is 13.8 Å². The van der Waals surface area contributed by atoms with Crippen LogP contribution in [0, 0.1) is 13.8 Å². The minimum Gasteiger partial charge on any atom is -0.466 e. The van der Waals surface area contributed by atoms with E-state index in [4.69, 9.17) is 8.94 Å². The van der Waals surface area contributed by atoms with Crippen LogP contribution in [0.1, 0.15) is 40.5 Å². The number of carbonyl (C=O) groups is 1. The Morgan fingerprint density at radius 2 is 2.17 bits per heavy atom. The molecule has 2 heterocycles. The Morgan fingerprint density at radius 3 is 2.67 bits per heavy atom. The van der Waals surface area contributed by atoms with Crippen LogP contribution in [0.5, 0.6) is 0 Å². The molecule has 1 amide bonds. The highest BCUT2D eigenvalue weighted by atomic mass is 16.5. The van der Waals surface area contributed by atoms with Gasteiger partial charge in [-0.3, -0.25) is 4.79 Å². The predicted molar refractivity (Wildman–Crippen MR) is 65.2 cm³/mol. The van der Waals surface area contributed by atoms with E-state index in [1.165, 1.54) is 6.26 Å². The summed E-state index contributed by atoms with van der Waals surface area (Å²) in [6.07, 6.45) is 1.50. The van der Waals surface area contributed by atoms with Gasteiger partial charge in [0.1, 0.15) is 23.5 Å². The Hall–Kier alpha value is -2.04. The van der Waals surface area contributed by atoms with E-state index in [2.05, 4.69) is 5.16 Å². The topological polar surface area (TPSA) is 59.5 Å². The monoisotopic (exact) mass is 248 g/mol. The van der Waals surface area contributed by atoms with Crippen molar-refractivity contribution in [1.82, 2.24) is 10.1 Å². The fourth-order valence-corrected chi connectivity index (χ4v) is 1.84. The smallest absolute Gasteiger partial charge is 0.257 e. The Bertz CT molecular complexity index is 543. The Balaban J connectivity index is 2.21. The molecule has 18 heavy (non-hydrogen) atoms. The van der Waals surface area contributed by atoms with Gasteiger partial charge in [-0.2, -0.15) is 0 Å². The molecule has 0 aliphatic heterocycles. The molecule has 96 valence electrons. The number of aryl methyl sites for hydroxylation is 2. The van der Waals surface area contributed by atoms with E-state index in [1.54, 1.807) is 31.0 Å². The molecular weight excluding hydrogens is 232 g/mol. The first-order valence-corrected chi connectivity index (χ1v) is 5.75. The van der Waals surface area contributed by atoms with Crippen molar-refractivity contribution < 1.29 is 13.7 Å². The molecule has 0 radical (unpaired) electrons. The van der Waals surface area contributed by atoms with E-state index in [0.29, 0.717) is 11.3 Å². The maximum Gasteiger partial charge on any atom is 0.257 e. The van der Waals surface area contributed by atoms with Crippen molar-refractivity contribution >= 4 is 5.91 Å². The second-order valence-electron chi connectivity index (χ2n) is 4.34. The van der Waals surface area contributed by atoms with Crippen LogP contribution in [-0.4, -0.2) is 23.0 Å². The molecule has 2 rings (SSSR count). The molecule has 0 fully saturated rings. The van der Waals surface area contributed by atoms with Crippen molar-refractivity contribution in [2.75, 3.05) is 7.05 Å². The molecule has 0 N–H and O–H groups in total. The zero-order valence-electron chi connectivity index (χ0n) is 10.9. The van der Waals surface area contributed by atoms with E-state index >= 15 is 0 Å². The van der Waals surface area contributed by atoms with Crippen LogP contribution in [0.25, 0.3) is 0 Å². The zero-order valence-corrected chi connectivity index (χ0v) is 10.9. The van der Waals surface area contributed by atoms with Crippen LogP contribution in [-0.2, 0) is 0 Å². The number of aromatic nitrogens is 1. The average molecular weight is 248 g/mol. The Morgan fingerprint density at radius 1 is 1.44 bits per heavy atom. The highest BCUT2D eigenvalue weighted by Crippen LogP contribution is 2.22. The van der Waals surface area contributed by atoms with Crippen molar-refractivity contribution in [1.29, 1.82) is 0 Å². The van der Waals surface area contributed by atoms with Crippen molar-refractivity contribution in [3.05, 3.63) is 41.2 Å². The van der Waals surface area contributed by atoms with E-state index < -0.39 is 0 Å². The molecule has 5 nitrogen and oxygen atoms in total. The summed E-state index contributed by atoms with van der Waals surface area (Å²) in [5.41, 5.74) is 1.31. The summed E-state index contributed by atoms with van der Waals surface area (Å²) in [7, 11) is 1.74. The van der Waals surface area contributed by atoms with Gasteiger partial charge in [0, 0.05) is 13.1 Å². The van der Waals surface area contributed by atoms with Crippen LogP contribution < -0.4 is 0 Å². The third-order valence-corrected chi connectivity index (χ3v) is 3.06. The normalized spacial score (nSPS) is 12.4. The number of furan rings is 1. The minimum atomic E-state index is -0.147. The highest BCUT2D eigenvalue weighted by Gasteiger charge is 2.23. The van der Waals surface area contributed by atoms with Gasteiger partial charge >= 0.3 is 0 Å². The lowest BCUT2D eigenvalue weighted by Gasteiger charge is -2.22. The van der Waals surface area contributed by atoms with Crippen LogP contribution in [0.2, 0.25) is 0 Å². The number of hydrogen-bond acceptors (Lipinski definition) is 4. The molecule has 0 spiro atoms. The fourth-order valence-electron chi connectivity index (χ4n) is 1.84. The summed E-state index contributed by atoms with van der Waals surface area (Å²) in [6, 6.07) is 3.36.